The molecule has 0 saturated carbocycles. The molecule has 2 unspecified atom stereocenters. The molecule has 0 aliphatic carbocycles. The van der Waals surface area contributed by atoms with Gasteiger partial charge < -0.3 is 11.1 Å². The van der Waals surface area contributed by atoms with E-state index in [1.165, 1.54) is 0 Å². The molecule has 0 saturated heterocycles. The Hall–Kier alpha value is -1.37. The number of nitrogens with zero attached hydrogens (tertiary/aromatic N) is 1. The molecule has 4 N–H and O–H groups in total. The van der Waals surface area contributed by atoms with Crippen molar-refractivity contribution in [2.75, 3.05) is 17.7 Å². The number of nitrogens with two attached hydrogens (primary N) is 1. The summed E-state index contributed by atoms with van der Waals surface area (Å²) in [5.41, 5.74) is 7.26. The van der Waals surface area contributed by atoms with Crippen LogP contribution in [0.25, 0.3) is 0 Å². The highest BCUT2D eigenvalue weighted by Gasteiger charge is 2.18. The van der Waals surface area contributed by atoms with E-state index in [2.05, 4.69) is 15.5 Å². The van der Waals surface area contributed by atoms with Crippen LogP contribution in [0.1, 0.15) is 36.5 Å². The van der Waals surface area contributed by atoms with Crippen LogP contribution in [0.2, 0.25) is 0 Å². The van der Waals surface area contributed by atoms with Crippen LogP contribution in [-0.2, 0) is 17.2 Å². The van der Waals surface area contributed by atoms with Gasteiger partial charge in [-0.15, -0.1) is 0 Å². The lowest BCUT2D eigenvalue weighted by molar-refractivity contribution is 0.0939. The maximum Gasteiger partial charge on any atom is 0.274 e. The van der Waals surface area contributed by atoms with Gasteiger partial charge in [0.2, 0.25) is 0 Å². The number of H-pyrrole nitrogens is 1. The number of hydrogen-bond donors (Lipinski definition) is 3. The van der Waals surface area contributed by atoms with Crippen molar-refractivity contribution in [3.63, 3.8) is 0 Å². The Labute approximate surface area is 109 Å². The van der Waals surface area contributed by atoms with Crippen molar-refractivity contribution < 1.29 is 9.00 Å². The van der Waals surface area contributed by atoms with Gasteiger partial charge in [0.15, 0.2) is 5.69 Å². The van der Waals surface area contributed by atoms with Crippen molar-refractivity contribution >= 4 is 22.4 Å². The lowest BCUT2D eigenvalue weighted by Crippen LogP contribution is -2.36. The lowest BCUT2D eigenvalue weighted by Gasteiger charge is -2.11. The maximum atomic E-state index is 11.9. The monoisotopic (exact) mass is 272 g/mol. The highest BCUT2D eigenvalue weighted by molar-refractivity contribution is 7.84. The molecule has 18 heavy (non-hydrogen) atoms. The molecule has 1 aromatic heterocycles. The third-order valence-electron chi connectivity index (χ3n) is 2.46. The molecular weight excluding hydrogens is 252 g/mol. The molecule has 102 valence electrons. The molecule has 0 aliphatic heterocycles. The summed E-state index contributed by atoms with van der Waals surface area (Å²) in [5, 5.41) is 9.43. The second kappa shape index (κ2) is 6.53. The fourth-order valence-corrected chi connectivity index (χ4v) is 2.47. The smallest absolute Gasteiger partial charge is 0.274 e. The van der Waals surface area contributed by atoms with Gasteiger partial charge in [-0.2, -0.15) is 5.10 Å². The van der Waals surface area contributed by atoms with Crippen molar-refractivity contribution in [1.29, 1.82) is 0 Å². The van der Waals surface area contributed by atoms with E-state index >= 15 is 0 Å². The number of hydrogen-bond acceptors (Lipinski definition) is 4. The van der Waals surface area contributed by atoms with Gasteiger partial charge >= 0.3 is 0 Å². The second-order valence-corrected chi connectivity index (χ2v) is 5.81. The number of amides is 1. The van der Waals surface area contributed by atoms with Gasteiger partial charge in [-0.25, -0.2) is 0 Å². The van der Waals surface area contributed by atoms with Crippen molar-refractivity contribution in [3.05, 3.63) is 11.4 Å². The topological polar surface area (TPSA) is 101 Å². The first-order chi connectivity index (χ1) is 8.45. The van der Waals surface area contributed by atoms with Crippen LogP contribution in [0.4, 0.5) is 5.69 Å². The average molecular weight is 272 g/mol. The van der Waals surface area contributed by atoms with Gasteiger partial charge in [0.25, 0.3) is 5.91 Å². The maximum absolute atomic E-state index is 11.9. The highest BCUT2D eigenvalue weighted by atomic mass is 32.2. The number of nitrogens with one attached hydrogen (secondary N) is 2. The standard InChI is InChI=1S/C11H20N4O2S/c1-4-5-8-9(12)10(15-14-8)11(16)13-7(2)6-18(3)17/h7H,4-6,12H2,1-3H3,(H,13,16)(H,14,15). The molecule has 0 spiro atoms. The molecule has 1 heterocycles. The summed E-state index contributed by atoms with van der Waals surface area (Å²) in [5.74, 6) is 0.0850. The van der Waals surface area contributed by atoms with Gasteiger partial charge in [0, 0.05) is 28.9 Å². The van der Waals surface area contributed by atoms with Crippen LogP contribution >= 0.6 is 0 Å². The minimum absolute atomic E-state index is 0.172. The molecule has 2 atom stereocenters. The van der Waals surface area contributed by atoms with Gasteiger partial charge in [-0.3, -0.25) is 14.1 Å². The SMILES string of the molecule is CCCc1[nH]nc(C(=O)NC(C)CS(C)=O)c1N. The van der Waals surface area contributed by atoms with Gasteiger partial charge in [0.1, 0.15) is 0 Å². The van der Waals surface area contributed by atoms with E-state index in [4.69, 9.17) is 5.73 Å². The number of anilines is 1. The Morgan fingerprint density at radius 3 is 2.83 bits per heavy atom. The van der Waals surface area contributed by atoms with Gasteiger partial charge in [0.05, 0.1) is 11.4 Å². The zero-order valence-corrected chi connectivity index (χ0v) is 11.8. The van der Waals surface area contributed by atoms with Crippen molar-refractivity contribution in [3.8, 4) is 0 Å². The molecule has 6 nitrogen and oxygen atoms in total. The molecule has 7 heteroatoms. The summed E-state index contributed by atoms with van der Waals surface area (Å²) >= 11 is 0. The minimum atomic E-state index is -0.946. The molecule has 1 amide bonds. The van der Waals surface area contributed by atoms with Crippen LogP contribution < -0.4 is 11.1 Å². The third kappa shape index (κ3) is 3.83. The van der Waals surface area contributed by atoms with Crippen LogP contribution in [0, 0.1) is 0 Å². The highest BCUT2D eigenvalue weighted by Crippen LogP contribution is 2.15. The van der Waals surface area contributed by atoms with E-state index in [1.807, 2.05) is 6.92 Å². The van der Waals surface area contributed by atoms with Gasteiger partial charge in [-0.1, -0.05) is 13.3 Å². The Morgan fingerprint density at radius 1 is 1.61 bits per heavy atom. The van der Waals surface area contributed by atoms with Crippen molar-refractivity contribution in [1.82, 2.24) is 15.5 Å². The van der Waals surface area contributed by atoms with E-state index in [9.17, 15) is 9.00 Å². The second-order valence-electron chi connectivity index (χ2n) is 4.33. The summed E-state index contributed by atoms with van der Waals surface area (Å²) < 4.78 is 11.0. The zero-order chi connectivity index (χ0) is 13.7. The summed E-state index contributed by atoms with van der Waals surface area (Å²) in [6, 6.07) is -0.172. The van der Waals surface area contributed by atoms with Crippen LogP contribution in [0.3, 0.4) is 0 Å². The fraction of sp³-hybridized carbons (Fsp3) is 0.636. The number of nitrogen functional groups attached to an aromatic ring is 1. The molecule has 0 aliphatic rings. The molecule has 0 radical (unpaired) electrons. The number of carbonyl (C=O) groups is 1. The summed E-state index contributed by atoms with van der Waals surface area (Å²) in [4.78, 5) is 11.9. The van der Waals surface area contributed by atoms with Crippen molar-refractivity contribution in [2.45, 2.75) is 32.7 Å². The largest absolute Gasteiger partial charge is 0.395 e. The first-order valence-corrected chi connectivity index (χ1v) is 7.62. The Bertz CT molecular complexity index is 444. The molecule has 0 bridgehead atoms. The molecular formula is C11H20N4O2S. The minimum Gasteiger partial charge on any atom is -0.395 e. The summed E-state index contributed by atoms with van der Waals surface area (Å²) in [6.07, 6.45) is 3.30. The number of aryl methyl sites for hydroxylation is 1. The van der Waals surface area contributed by atoms with E-state index in [1.54, 1.807) is 13.2 Å². The van der Waals surface area contributed by atoms with Crippen LogP contribution in [-0.4, -0.2) is 38.4 Å². The quantitative estimate of drug-likeness (QED) is 0.699. The molecule has 1 aromatic rings. The van der Waals surface area contributed by atoms with E-state index < -0.39 is 10.8 Å². The Balaban J connectivity index is 2.69. The van der Waals surface area contributed by atoms with E-state index in [0.717, 1.165) is 18.5 Å². The van der Waals surface area contributed by atoms with Crippen molar-refractivity contribution in [2.24, 2.45) is 0 Å². The fourth-order valence-electron chi connectivity index (χ4n) is 1.69. The normalized spacial score (nSPS) is 14.2. The first kappa shape index (κ1) is 14.7. The lowest BCUT2D eigenvalue weighted by atomic mass is 10.2. The summed E-state index contributed by atoms with van der Waals surface area (Å²) in [6.45, 7) is 3.83. The molecule has 1 rings (SSSR count). The Kier molecular flexibility index (Phi) is 5.33. The number of carbonyl (C=O) groups excluding carboxylic acids is 1. The number of aromatic nitrogens is 2. The van der Waals surface area contributed by atoms with Crippen LogP contribution in [0.15, 0.2) is 0 Å². The van der Waals surface area contributed by atoms with E-state index in [0.29, 0.717) is 11.4 Å². The predicted octanol–water partition coefficient (Wildman–Crippen LogP) is 0.441. The number of aromatic amines is 1. The molecule has 0 aromatic carbocycles. The zero-order valence-electron chi connectivity index (χ0n) is 10.9. The van der Waals surface area contributed by atoms with Crippen LogP contribution in [0.5, 0.6) is 0 Å². The van der Waals surface area contributed by atoms with E-state index in [-0.39, 0.29) is 17.6 Å². The average Bonchev–Trinajstić information content (AvgIpc) is 2.59. The van der Waals surface area contributed by atoms with Gasteiger partial charge in [-0.05, 0) is 13.3 Å². The number of rotatable bonds is 6. The molecule has 0 fully saturated rings. The Morgan fingerprint density at radius 2 is 2.28 bits per heavy atom. The predicted molar refractivity (Wildman–Crippen MR) is 72.9 cm³/mol. The first-order valence-electron chi connectivity index (χ1n) is 5.89. The summed E-state index contributed by atoms with van der Waals surface area (Å²) in [7, 11) is -0.946. The third-order valence-corrected chi connectivity index (χ3v) is 3.43.